The Bertz CT molecular complexity index is 529. The lowest BCUT2D eigenvalue weighted by atomic mass is 10.2. The van der Waals surface area contributed by atoms with Crippen molar-refractivity contribution < 1.29 is 24.2 Å². The van der Waals surface area contributed by atoms with Gasteiger partial charge in [-0.15, -0.1) is 0 Å². The predicted octanol–water partition coefficient (Wildman–Crippen LogP) is 0.0958. The molecule has 0 heterocycles. The maximum absolute atomic E-state index is 11.8. The number of benzene rings is 1. The largest absolute Gasteiger partial charge is 0.483 e. The average Bonchev–Trinajstić information content (AvgIpc) is 2.43. The summed E-state index contributed by atoms with van der Waals surface area (Å²) in [7, 11) is 1.37. The topological polar surface area (TPSA) is 110 Å². The minimum absolute atomic E-state index is 0.161. The zero-order valence-corrected chi connectivity index (χ0v) is 11.2. The fraction of sp³-hybridized carbons (Fsp3) is 0.308. The van der Waals surface area contributed by atoms with Crippen LogP contribution in [-0.2, 0) is 9.59 Å². The van der Waals surface area contributed by atoms with Crippen molar-refractivity contribution in [1.82, 2.24) is 4.90 Å². The van der Waals surface area contributed by atoms with Crippen molar-refractivity contribution in [2.75, 3.05) is 13.7 Å². The number of carbonyl (C=O) groups is 3. The Morgan fingerprint density at radius 2 is 1.95 bits per heavy atom. The molecule has 1 rings (SSSR count). The van der Waals surface area contributed by atoms with Crippen molar-refractivity contribution in [3.63, 3.8) is 0 Å². The van der Waals surface area contributed by atoms with Gasteiger partial charge in [0.1, 0.15) is 11.8 Å². The van der Waals surface area contributed by atoms with E-state index in [9.17, 15) is 14.4 Å². The van der Waals surface area contributed by atoms with Crippen LogP contribution < -0.4 is 10.5 Å². The molecule has 0 bridgehead atoms. The second-order valence-corrected chi connectivity index (χ2v) is 4.17. The zero-order valence-electron chi connectivity index (χ0n) is 11.2. The van der Waals surface area contributed by atoms with E-state index in [1.54, 1.807) is 12.1 Å². The molecular weight excluding hydrogens is 264 g/mol. The molecule has 0 aliphatic carbocycles. The second kappa shape index (κ2) is 6.55. The maximum atomic E-state index is 11.8. The molecule has 0 aliphatic rings. The van der Waals surface area contributed by atoms with Gasteiger partial charge in [-0.1, -0.05) is 12.1 Å². The van der Waals surface area contributed by atoms with Gasteiger partial charge in [0.05, 0.1) is 5.56 Å². The van der Waals surface area contributed by atoms with Crippen molar-refractivity contribution in [2.24, 2.45) is 5.73 Å². The standard InChI is InChI=1S/C13H16N2O5/c1-8(13(18)19)15(2)11(16)7-20-10-6-4-3-5-9(10)12(14)17/h3-6,8H,7H2,1-2H3,(H2,14,17)(H,18,19). The third-order valence-electron chi connectivity index (χ3n) is 2.84. The number of nitrogens with two attached hydrogens (primary N) is 1. The summed E-state index contributed by atoms with van der Waals surface area (Å²) in [5.41, 5.74) is 5.34. The Hall–Kier alpha value is -2.57. The lowest BCUT2D eigenvalue weighted by molar-refractivity contribution is -0.148. The summed E-state index contributed by atoms with van der Waals surface area (Å²) in [5.74, 6) is -2.11. The Morgan fingerprint density at radius 1 is 1.35 bits per heavy atom. The monoisotopic (exact) mass is 280 g/mol. The van der Waals surface area contributed by atoms with Crippen LogP contribution in [0.2, 0.25) is 0 Å². The first-order valence-corrected chi connectivity index (χ1v) is 5.84. The highest BCUT2D eigenvalue weighted by Crippen LogP contribution is 2.17. The minimum atomic E-state index is -1.11. The Morgan fingerprint density at radius 3 is 2.50 bits per heavy atom. The Labute approximate surface area is 115 Å². The van der Waals surface area contributed by atoms with Gasteiger partial charge in [-0.3, -0.25) is 9.59 Å². The lowest BCUT2D eigenvalue weighted by Gasteiger charge is -2.21. The van der Waals surface area contributed by atoms with Crippen molar-refractivity contribution >= 4 is 17.8 Å². The first-order chi connectivity index (χ1) is 9.34. The van der Waals surface area contributed by atoms with E-state index in [0.717, 1.165) is 4.90 Å². The normalized spacial score (nSPS) is 11.5. The van der Waals surface area contributed by atoms with E-state index in [1.807, 2.05) is 0 Å². The summed E-state index contributed by atoms with van der Waals surface area (Å²) >= 11 is 0. The van der Waals surface area contributed by atoms with Crippen molar-refractivity contribution in [1.29, 1.82) is 0 Å². The van der Waals surface area contributed by atoms with Gasteiger partial charge in [0.25, 0.3) is 11.8 Å². The summed E-state index contributed by atoms with van der Waals surface area (Å²) < 4.78 is 5.23. The average molecular weight is 280 g/mol. The molecule has 0 fully saturated rings. The van der Waals surface area contributed by atoms with Gasteiger partial charge in [-0.2, -0.15) is 0 Å². The number of carboxylic acid groups (broad SMARTS) is 1. The number of carboxylic acids is 1. The number of primary amides is 1. The zero-order chi connectivity index (χ0) is 15.3. The Balaban J connectivity index is 2.71. The van der Waals surface area contributed by atoms with E-state index in [4.69, 9.17) is 15.6 Å². The number of rotatable bonds is 6. The third-order valence-corrected chi connectivity index (χ3v) is 2.84. The molecule has 0 radical (unpaired) electrons. The number of aliphatic carboxylic acids is 1. The van der Waals surface area contributed by atoms with E-state index in [2.05, 4.69) is 0 Å². The molecule has 7 heteroatoms. The minimum Gasteiger partial charge on any atom is -0.483 e. The molecule has 108 valence electrons. The molecule has 0 spiro atoms. The summed E-state index contributed by atoms with van der Waals surface area (Å²) in [6.07, 6.45) is 0. The molecule has 1 unspecified atom stereocenters. The second-order valence-electron chi connectivity index (χ2n) is 4.17. The molecule has 2 amide bonds. The fourth-order valence-electron chi connectivity index (χ4n) is 1.42. The first-order valence-electron chi connectivity index (χ1n) is 5.84. The van der Waals surface area contributed by atoms with Crippen LogP contribution >= 0.6 is 0 Å². The number of hydrogen-bond acceptors (Lipinski definition) is 4. The van der Waals surface area contributed by atoms with E-state index in [0.29, 0.717) is 0 Å². The molecular formula is C13H16N2O5. The van der Waals surface area contributed by atoms with Gasteiger partial charge in [-0.05, 0) is 19.1 Å². The number of amides is 2. The van der Waals surface area contributed by atoms with Gasteiger partial charge in [-0.25, -0.2) is 4.79 Å². The highest BCUT2D eigenvalue weighted by atomic mass is 16.5. The summed E-state index contributed by atoms with van der Waals surface area (Å²) in [6, 6.07) is 5.28. The van der Waals surface area contributed by atoms with Gasteiger partial charge in [0.2, 0.25) is 0 Å². The lowest BCUT2D eigenvalue weighted by Crippen LogP contribution is -2.42. The summed E-state index contributed by atoms with van der Waals surface area (Å²) in [6.45, 7) is 1.01. The summed E-state index contributed by atoms with van der Waals surface area (Å²) in [4.78, 5) is 34.7. The molecule has 20 heavy (non-hydrogen) atoms. The Kier molecular flexibility index (Phi) is 5.08. The van der Waals surface area contributed by atoms with Crippen LogP contribution in [0.1, 0.15) is 17.3 Å². The van der Waals surface area contributed by atoms with Crippen molar-refractivity contribution in [2.45, 2.75) is 13.0 Å². The van der Waals surface area contributed by atoms with Crippen molar-refractivity contribution in [3.05, 3.63) is 29.8 Å². The van der Waals surface area contributed by atoms with E-state index >= 15 is 0 Å². The molecule has 1 aromatic carbocycles. The van der Waals surface area contributed by atoms with E-state index in [1.165, 1.54) is 26.1 Å². The van der Waals surface area contributed by atoms with Crippen LogP contribution in [0, 0.1) is 0 Å². The van der Waals surface area contributed by atoms with E-state index < -0.39 is 23.8 Å². The molecule has 0 aliphatic heterocycles. The van der Waals surface area contributed by atoms with Gasteiger partial charge in [0.15, 0.2) is 6.61 Å². The molecule has 7 nitrogen and oxygen atoms in total. The number of carbonyl (C=O) groups excluding carboxylic acids is 2. The molecule has 0 saturated carbocycles. The smallest absolute Gasteiger partial charge is 0.326 e. The van der Waals surface area contributed by atoms with E-state index in [-0.39, 0.29) is 17.9 Å². The quantitative estimate of drug-likeness (QED) is 0.767. The number of likely N-dealkylation sites (N-methyl/N-ethyl adjacent to an activating group) is 1. The van der Waals surface area contributed by atoms with Crippen LogP contribution in [-0.4, -0.2) is 47.5 Å². The van der Waals surface area contributed by atoms with Crippen LogP contribution in [0.15, 0.2) is 24.3 Å². The van der Waals surface area contributed by atoms with Crippen LogP contribution in [0.4, 0.5) is 0 Å². The molecule has 3 N–H and O–H groups in total. The number of nitrogens with zero attached hydrogens (tertiary/aromatic N) is 1. The SMILES string of the molecule is CC(C(=O)O)N(C)C(=O)COc1ccccc1C(N)=O. The number of hydrogen-bond donors (Lipinski definition) is 2. The predicted molar refractivity (Wildman–Crippen MR) is 70.3 cm³/mol. The van der Waals surface area contributed by atoms with Crippen LogP contribution in [0.5, 0.6) is 5.75 Å². The molecule has 0 saturated heterocycles. The molecule has 0 aromatic heterocycles. The summed E-state index contributed by atoms with van der Waals surface area (Å²) in [5, 5.41) is 8.81. The maximum Gasteiger partial charge on any atom is 0.326 e. The van der Waals surface area contributed by atoms with Crippen LogP contribution in [0.3, 0.4) is 0 Å². The highest BCUT2D eigenvalue weighted by Gasteiger charge is 2.22. The molecule has 1 atom stereocenters. The third kappa shape index (κ3) is 3.71. The van der Waals surface area contributed by atoms with Crippen LogP contribution in [0.25, 0.3) is 0 Å². The fourth-order valence-corrected chi connectivity index (χ4v) is 1.42. The number of ether oxygens (including phenoxy) is 1. The van der Waals surface area contributed by atoms with Crippen molar-refractivity contribution in [3.8, 4) is 5.75 Å². The first kappa shape index (κ1) is 15.5. The molecule has 1 aromatic rings. The number of para-hydroxylation sites is 1. The van der Waals surface area contributed by atoms with Gasteiger partial charge >= 0.3 is 5.97 Å². The van der Waals surface area contributed by atoms with Gasteiger partial charge < -0.3 is 20.5 Å². The van der Waals surface area contributed by atoms with Gasteiger partial charge in [0, 0.05) is 7.05 Å². The highest BCUT2D eigenvalue weighted by molar-refractivity contribution is 5.95.